The molecule has 0 aliphatic carbocycles. The third-order valence-corrected chi connectivity index (χ3v) is 7.23. The Bertz CT molecular complexity index is 624. The van der Waals surface area contributed by atoms with Gasteiger partial charge in [0.25, 0.3) is 0 Å². The zero-order valence-corrected chi connectivity index (χ0v) is 13.9. The van der Waals surface area contributed by atoms with Crippen LogP contribution in [0.5, 0.6) is 0 Å². The quantitative estimate of drug-likeness (QED) is 0.880. The van der Waals surface area contributed by atoms with Crippen molar-refractivity contribution in [2.75, 3.05) is 26.2 Å². The lowest BCUT2D eigenvalue weighted by atomic mass is 9.87. The van der Waals surface area contributed by atoms with Crippen LogP contribution in [-0.2, 0) is 10.0 Å². The first-order valence-electron chi connectivity index (χ1n) is 6.90. The van der Waals surface area contributed by atoms with Gasteiger partial charge in [0.2, 0.25) is 10.0 Å². The fourth-order valence-electron chi connectivity index (χ4n) is 3.17. The van der Waals surface area contributed by atoms with E-state index in [1.54, 1.807) is 16.4 Å². The van der Waals surface area contributed by atoms with Gasteiger partial charge < -0.3 is 5.32 Å². The van der Waals surface area contributed by atoms with Crippen molar-refractivity contribution in [3.63, 3.8) is 0 Å². The van der Waals surface area contributed by atoms with E-state index in [2.05, 4.69) is 21.2 Å². The molecule has 0 bridgehead atoms. The van der Waals surface area contributed by atoms with Gasteiger partial charge in [-0.05, 0) is 55.5 Å². The highest BCUT2D eigenvalue weighted by molar-refractivity contribution is 9.10. The van der Waals surface area contributed by atoms with Gasteiger partial charge in [0.15, 0.2) is 0 Å². The Balaban J connectivity index is 1.87. The Morgan fingerprint density at radius 3 is 2.80 bits per heavy atom. The fraction of sp³-hybridized carbons (Fsp3) is 0.571. The van der Waals surface area contributed by atoms with E-state index < -0.39 is 10.0 Å². The lowest BCUT2D eigenvalue weighted by Gasteiger charge is -2.22. The number of hydrogen-bond donors (Lipinski definition) is 1. The van der Waals surface area contributed by atoms with Crippen molar-refractivity contribution in [2.45, 2.75) is 24.7 Å². The van der Waals surface area contributed by atoms with Crippen LogP contribution in [0.25, 0.3) is 0 Å². The van der Waals surface area contributed by atoms with Gasteiger partial charge in [0.1, 0.15) is 0 Å². The molecule has 2 fully saturated rings. The van der Waals surface area contributed by atoms with E-state index in [9.17, 15) is 8.42 Å². The number of aryl methyl sites for hydroxylation is 1. The highest BCUT2D eigenvalue weighted by Gasteiger charge is 2.44. The predicted octanol–water partition coefficient (Wildman–Crippen LogP) is 2.13. The van der Waals surface area contributed by atoms with E-state index in [1.165, 1.54) is 0 Å². The molecule has 1 spiro atoms. The van der Waals surface area contributed by atoms with Crippen molar-refractivity contribution >= 4 is 26.0 Å². The third-order valence-electron chi connectivity index (χ3n) is 4.50. The summed E-state index contributed by atoms with van der Waals surface area (Å²) in [4.78, 5) is 0.404. The Hall–Kier alpha value is -0.430. The second-order valence-electron chi connectivity index (χ2n) is 5.93. The number of sulfonamides is 1. The largest absolute Gasteiger partial charge is 0.316 e. The molecule has 1 aromatic rings. The van der Waals surface area contributed by atoms with Crippen LogP contribution in [0, 0.1) is 12.3 Å². The summed E-state index contributed by atoms with van der Waals surface area (Å²) in [6.45, 7) is 5.15. The Morgan fingerprint density at radius 1 is 1.35 bits per heavy atom. The van der Waals surface area contributed by atoms with Gasteiger partial charge in [-0.1, -0.05) is 15.9 Å². The summed E-state index contributed by atoms with van der Waals surface area (Å²) in [5.41, 5.74) is 1.11. The van der Waals surface area contributed by atoms with E-state index in [-0.39, 0.29) is 5.41 Å². The highest BCUT2D eigenvalue weighted by atomic mass is 79.9. The van der Waals surface area contributed by atoms with Crippen LogP contribution >= 0.6 is 15.9 Å². The molecule has 1 atom stereocenters. The summed E-state index contributed by atoms with van der Waals surface area (Å²) in [7, 11) is -3.36. The zero-order chi connectivity index (χ0) is 14.4. The molecule has 0 radical (unpaired) electrons. The maximum Gasteiger partial charge on any atom is 0.243 e. The Kier molecular flexibility index (Phi) is 3.69. The SMILES string of the molecule is Cc1cc(S(=O)(=O)N2CCC3(CCNC3)C2)ccc1Br. The average molecular weight is 359 g/mol. The fourth-order valence-corrected chi connectivity index (χ4v) is 5.06. The topological polar surface area (TPSA) is 49.4 Å². The van der Waals surface area contributed by atoms with Crippen LogP contribution in [0.2, 0.25) is 0 Å². The van der Waals surface area contributed by atoms with Crippen LogP contribution in [0.3, 0.4) is 0 Å². The number of hydrogen-bond acceptors (Lipinski definition) is 3. The Labute approximate surface area is 128 Å². The van der Waals surface area contributed by atoms with Gasteiger partial charge in [0.05, 0.1) is 4.90 Å². The first kappa shape index (κ1) is 14.5. The van der Waals surface area contributed by atoms with Crippen LogP contribution in [-0.4, -0.2) is 38.9 Å². The average Bonchev–Trinajstić information content (AvgIpc) is 3.04. The molecule has 3 rings (SSSR count). The normalized spacial score (nSPS) is 27.5. The van der Waals surface area contributed by atoms with E-state index in [4.69, 9.17) is 0 Å². The van der Waals surface area contributed by atoms with Crippen molar-refractivity contribution in [1.82, 2.24) is 9.62 Å². The van der Waals surface area contributed by atoms with Crippen molar-refractivity contribution in [3.05, 3.63) is 28.2 Å². The van der Waals surface area contributed by atoms with E-state index in [0.29, 0.717) is 18.0 Å². The molecule has 110 valence electrons. The molecule has 2 aliphatic rings. The summed E-state index contributed by atoms with van der Waals surface area (Å²) in [5, 5.41) is 3.36. The lowest BCUT2D eigenvalue weighted by Crippen LogP contribution is -2.33. The smallest absolute Gasteiger partial charge is 0.243 e. The Morgan fingerprint density at radius 2 is 2.15 bits per heavy atom. The summed E-state index contributed by atoms with van der Waals surface area (Å²) in [6, 6.07) is 5.24. The van der Waals surface area contributed by atoms with Gasteiger partial charge in [-0.3, -0.25) is 0 Å². The van der Waals surface area contributed by atoms with Gasteiger partial charge in [-0.25, -0.2) is 8.42 Å². The lowest BCUT2D eigenvalue weighted by molar-refractivity contribution is 0.338. The molecule has 1 aromatic carbocycles. The molecule has 0 saturated carbocycles. The third kappa shape index (κ3) is 2.43. The van der Waals surface area contributed by atoms with Crippen LogP contribution < -0.4 is 5.32 Å². The van der Waals surface area contributed by atoms with Crippen molar-refractivity contribution < 1.29 is 8.42 Å². The second-order valence-corrected chi connectivity index (χ2v) is 8.72. The molecule has 2 heterocycles. The maximum atomic E-state index is 12.7. The van der Waals surface area contributed by atoms with E-state index in [1.807, 2.05) is 13.0 Å². The molecular formula is C14H19BrN2O2S. The number of benzene rings is 1. The molecule has 1 unspecified atom stereocenters. The first-order valence-corrected chi connectivity index (χ1v) is 9.13. The van der Waals surface area contributed by atoms with Crippen molar-refractivity contribution in [1.29, 1.82) is 0 Å². The van der Waals surface area contributed by atoms with Crippen molar-refractivity contribution in [3.8, 4) is 0 Å². The monoisotopic (exact) mass is 358 g/mol. The molecule has 0 amide bonds. The number of nitrogens with one attached hydrogen (secondary N) is 1. The minimum Gasteiger partial charge on any atom is -0.316 e. The molecular weight excluding hydrogens is 340 g/mol. The molecule has 1 N–H and O–H groups in total. The second kappa shape index (κ2) is 5.09. The summed E-state index contributed by atoms with van der Waals surface area (Å²) in [6.07, 6.45) is 2.05. The van der Waals surface area contributed by atoms with Crippen LogP contribution in [0.15, 0.2) is 27.6 Å². The first-order chi connectivity index (χ1) is 9.43. The van der Waals surface area contributed by atoms with Gasteiger partial charge in [-0.15, -0.1) is 0 Å². The minimum absolute atomic E-state index is 0.164. The molecule has 0 aromatic heterocycles. The highest BCUT2D eigenvalue weighted by Crippen LogP contribution is 2.38. The van der Waals surface area contributed by atoms with E-state index in [0.717, 1.165) is 36.0 Å². The maximum absolute atomic E-state index is 12.7. The summed E-state index contributed by atoms with van der Waals surface area (Å²) >= 11 is 3.41. The van der Waals surface area contributed by atoms with Gasteiger partial charge >= 0.3 is 0 Å². The number of halogens is 1. The summed E-state index contributed by atoms with van der Waals surface area (Å²) in [5.74, 6) is 0. The van der Waals surface area contributed by atoms with Crippen molar-refractivity contribution in [2.24, 2.45) is 5.41 Å². The molecule has 6 heteroatoms. The number of nitrogens with zero attached hydrogens (tertiary/aromatic N) is 1. The molecule has 2 aliphatic heterocycles. The predicted molar refractivity (Wildman–Crippen MR) is 82.2 cm³/mol. The zero-order valence-electron chi connectivity index (χ0n) is 11.5. The van der Waals surface area contributed by atoms with E-state index >= 15 is 0 Å². The molecule has 2 saturated heterocycles. The van der Waals surface area contributed by atoms with Crippen LogP contribution in [0.1, 0.15) is 18.4 Å². The standard InChI is InChI=1S/C14H19BrN2O2S/c1-11-8-12(2-3-13(11)15)20(18,19)17-7-5-14(10-17)4-6-16-9-14/h2-3,8,16H,4-7,9-10H2,1H3. The molecule has 4 nitrogen and oxygen atoms in total. The van der Waals surface area contributed by atoms with Gasteiger partial charge in [-0.2, -0.15) is 4.31 Å². The molecule has 20 heavy (non-hydrogen) atoms. The summed E-state index contributed by atoms with van der Waals surface area (Å²) < 4.78 is 28.1. The number of rotatable bonds is 2. The van der Waals surface area contributed by atoms with Crippen LogP contribution in [0.4, 0.5) is 0 Å². The van der Waals surface area contributed by atoms with Gasteiger partial charge in [0, 0.05) is 24.1 Å². The minimum atomic E-state index is -3.36.